The first-order valence-electron chi connectivity index (χ1n) is 19.1. The standard InChI is InChI=1S/C24H22N2.C17H14.C6H8.2C2H6/c1-2-7-20-14-18-9-3-4-10-19(18)15-22(20)24-21-11-6-5-8-17(21)12-13-23(24)26-16-25;1-13-6-8-15(9-7-13)17-11-10-14-4-2-3-5-16(14)12-17;1-2-4-6-5-3-1;2*1-2/h2-15,26H,16,25H2,1H3;2-12H,1H3;1-4H,5-6H2;2*1-2H3/b7-2-;;;;. The van der Waals surface area contributed by atoms with Crippen LogP contribution in [0.3, 0.4) is 0 Å². The van der Waals surface area contributed by atoms with Gasteiger partial charge in [0.15, 0.2) is 0 Å². The van der Waals surface area contributed by atoms with E-state index < -0.39 is 0 Å². The van der Waals surface area contributed by atoms with Crippen LogP contribution in [0.25, 0.3) is 60.6 Å². The van der Waals surface area contributed by atoms with Gasteiger partial charge in [-0.2, -0.15) is 0 Å². The lowest BCUT2D eigenvalue weighted by Crippen LogP contribution is -2.11. The van der Waals surface area contributed by atoms with E-state index in [1.165, 1.54) is 78.5 Å². The molecule has 7 aromatic rings. The average molecular weight is 697 g/mol. The molecule has 270 valence electrons. The number of aryl methyl sites for hydroxylation is 1. The highest BCUT2D eigenvalue weighted by Gasteiger charge is 2.13. The molecule has 0 atom stereocenters. The normalized spacial score (nSPS) is 11.4. The molecule has 0 saturated carbocycles. The number of fused-ring (bicyclic) bond motifs is 3. The zero-order valence-electron chi connectivity index (χ0n) is 32.4. The van der Waals surface area contributed by atoms with Gasteiger partial charge in [0.1, 0.15) is 0 Å². The fourth-order valence-electron chi connectivity index (χ4n) is 6.27. The molecule has 0 radical (unpaired) electrons. The van der Waals surface area contributed by atoms with Gasteiger partial charge >= 0.3 is 0 Å². The molecule has 0 unspecified atom stereocenters. The third-order valence-electron chi connectivity index (χ3n) is 8.77. The van der Waals surface area contributed by atoms with Crippen molar-refractivity contribution in [3.05, 3.63) is 181 Å². The van der Waals surface area contributed by atoms with Crippen molar-refractivity contribution in [1.29, 1.82) is 0 Å². The molecule has 0 spiro atoms. The van der Waals surface area contributed by atoms with Gasteiger partial charge in [0.05, 0.1) is 6.67 Å². The second-order valence-electron chi connectivity index (χ2n) is 12.2. The molecule has 0 fully saturated rings. The molecule has 1 aliphatic carbocycles. The second-order valence-corrected chi connectivity index (χ2v) is 12.2. The van der Waals surface area contributed by atoms with Gasteiger partial charge in [0.2, 0.25) is 0 Å². The summed E-state index contributed by atoms with van der Waals surface area (Å²) in [7, 11) is 0. The minimum Gasteiger partial charge on any atom is -0.372 e. The second kappa shape index (κ2) is 21.6. The highest BCUT2D eigenvalue weighted by atomic mass is 15.0. The van der Waals surface area contributed by atoms with Crippen molar-refractivity contribution in [1.82, 2.24) is 0 Å². The third kappa shape index (κ3) is 10.9. The Morgan fingerprint density at radius 1 is 0.566 bits per heavy atom. The minimum absolute atomic E-state index is 0.401. The zero-order chi connectivity index (χ0) is 37.8. The summed E-state index contributed by atoms with van der Waals surface area (Å²) < 4.78 is 0. The zero-order valence-corrected chi connectivity index (χ0v) is 32.4. The van der Waals surface area contributed by atoms with E-state index >= 15 is 0 Å². The SMILES string of the molecule is C/C=C\c1cc2ccccc2cc1-c1c(NCN)ccc2ccccc12.C1=CCCC=C1.CC.CC.Cc1ccc(-c2ccc3ccccc3c2)cc1. The Balaban J connectivity index is 0.000000198. The number of benzene rings is 7. The summed E-state index contributed by atoms with van der Waals surface area (Å²) in [6.07, 6.45) is 15.3. The lowest BCUT2D eigenvalue weighted by Gasteiger charge is -2.17. The first kappa shape index (κ1) is 40.1. The fraction of sp³-hybridized carbons (Fsp3) is 0.176. The molecule has 0 heterocycles. The largest absolute Gasteiger partial charge is 0.372 e. The molecule has 0 amide bonds. The van der Waals surface area contributed by atoms with Crippen molar-refractivity contribution in [3.8, 4) is 22.3 Å². The Morgan fingerprint density at radius 3 is 1.68 bits per heavy atom. The summed E-state index contributed by atoms with van der Waals surface area (Å²) in [5.41, 5.74) is 14.4. The molecule has 3 N–H and O–H groups in total. The molecule has 7 aromatic carbocycles. The quantitative estimate of drug-likeness (QED) is 0.176. The van der Waals surface area contributed by atoms with Crippen LogP contribution in [0.5, 0.6) is 0 Å². The monoisotopic (exact) mass is 696 g/mol. The molecule has 0 aromatic heterocycles. The molecular formula is C51H56N2. The maximum atomic E-state index is 5.81. The summed E-state index contributed by atoms with van der Waals surface area (Å²) in [6.45, 7) is 12.6. The fourth-order valence-corrected chi connectivity index (χ4v) is 6.27. The van der Waals surface area contributed by atoms with Crippen molar-refractivity contribution in [2.75, 3.05) is 12.0 Å². The summed E-state index contributed by atoms with van der Waals surface area (Å²) in [5.74, 6) is 0. The molecule has 2 heteroatoms. The minimum atomic E-state index is 0.401. The van der Waals surface area contributed by atoms with Crippen LogP contribution in [0.2, 0.25) is 0 Å². The maximum Gasteiger partial charge on any atom is 0.0628 e. The number of allylic oxidation sites excluding steroid dienone is 5. The number of rotatable bonds is 5. The van der Waals surface area contributed by atoms with Crippen molar-refractivity contribution in [2.45, 2.75) is 54.4 Å². The molecule has 1 aliphatic rings. The highest BCUT2D eigenvalue weighted by molar-refractivity contribution is 6.06. The van der Waals surface area contributed by atoms with Crippen molar-refractivity contribution >= 4 is 44.1 Å². The predicted molar refractivity (Wildman–Crippen MR) is 239 cm³/mol. The molecule has 8 rings (SSSR count). The van der Waals surface area contributed by atoms with E-state index in [9.17, 15) is 0 Å². The molecule has 0 saturated heterocycles. The Kier molecular flexibility index (Phi) is 16.3. The molecule has 53 heavy (non-hydrogen) atoms. The van der Waals surface area contributed by atoms with E-state index in [-0.39, 0.29) is 0 Å². The van der Waals surface area contributed by atoms with Gasteiger partial charge in [0.25, 0.3) is 0 Å². The number of nitrogens with one attached hydrogen (secondary N) is 1. The van der Waals surface area contributed by atoms with Crippen LogP contribution in [0.4, 0.5) is 5.69 Å². The van der Waals surface area contributed by atoms with Crippen LogP contribution >= 0.6 is 0 Å². The van der Waals surface area contributed by atoms with Crippen molar-refractivity contribution in [3.63, 3.8) is 0 Å². The van der Waals surface area contributed by atoms with Crippen molar-refractivity contribution in [2.24, 2.45) is 5.73 Å². The van der Waals surface area contributed by atoms with Crippen LogP contribution in [-0.2, 0) is 0 Å². The van der Waals surface area contributed by atoms with E-state index in [4.69, 9.17) is 5.73 Å². The van der Waals surface area contributed by atoms with Crippen LogP contribution in [0.15, 0.2) is 170 Å². The lowest BCUT2D eigenvalue weighted by atomic mass is 9.90. The third-order valence-corrected chi connectivity index (χ3v) is 8.77. The van der Waals surface area contributed by atoms with Gasteiger partial charge in [-0.05, 0) is 106 Å². The van der Waals surface area contributed by atoms with Crippen LogP contribution in [-0.4, -0.2) is 6.67 Å². The number of hydrogen-bond acceptors (Lipinski definition) is 2. The van der Waals surface area contributed by atoms with Crippen LogP contribution < -0.4 is 11.1 Å². The van der Waals surface area contributed by atoms with E-state index in [1.54, 1.807) is 0 Å². The molecule has 0 aliphatic heterocycles. The predicted octanol–water partition coefficient (Wildman–Crippen LogP) is 14.8. The lowest BCUT2D eigenvalue weighted by molar-refractivity contribution is 1.04. The van der Waals surface area contributed by atoms with Gasteiger partial charge in [-0.15, -0.1) is 0 Å². The van der Waals surface area contributed by atoms with Crippen LogP contribution in [0, 0.1) is 6.92 Å². The number of hydrogen-bond donors (Lipinski definition) is 2. The Hall–Kier alpha value is -5.70. The van der Waals surface area contributed by atoms with Crippen molar-refractivity contribution < 1.29 is 0 Å². The summed E-state index contributed by atoms with van der Waals surface area (Å²) in [6, 6.07) is 49.6. The van der Waals surface area contributed by atoms with Gasteiger partial charge in [-0.1, -0.05) is 185 Å². The van der Waals surface area contributed by atoms with E-state index in [2.05, 4.69) is 195 Å². The Bertz CT molecular complexity index is 2240. The Labute approximate surface area is 318 Å². The summed E-state index contributed by atoms with van der Waals surface area (Å²) >= 11 is 0. The molecule has 0 bridgehead atoms. The summed E-state index contributed by atoms with van der Waals surface area (Å²) in [4.78, 5) is 0. The topological polar surface area (TPSA) is 38.0 Å². The van der Waals surface area contributed by atoms with Gasteiger partial charge in [-0.3, -0.25) is 0 Å². The van der Waals surface area contributed by atoms with E-state index in [1.807, 2.05) is 27.7 Å². The van der Waals surface area contributed by atoms with Gasteiger partial charge in [-0.25, -0.2) is 0 Å². The van der Waals surface area contributed by atoms with Gasteiger partial charge in [0, 0.05) is 11.3 Å². The van der Waals surface area contributed by atoms with E-state index in [0.717, 1.165) is 5.69 Å². The highest BCUT2D eigenvalue weighted by Crippen LogP contribution is 2.39. The summed E-state index contributed by atoms with van der Waals surface area (Å²) in [5, 5.41) is 10.9. The molecule has 2 nitrogen and oxygen atoms in total. The van der Waals surface area contributed by atoms with Crippen LogP contribution in [0.1, 0.15) is 58.6 Å². The smallest absolute Gasteiger partial charge is 0.0628 e. The first-order valence-corrected chi connectivity index (χ1v) is 19.1. The molecular weight excluding hydrogens is 641 g/mol. The average Bonchev–Trinajstić information content (AvgIpc) is 3.23. The van der Waals surface area contributed by atoms with Gasteiger partial charge < -0.3 is 11.1 Å². The Morgan fingerprint density at radius 2 is 1.09 bits per heavy atom. The number of anilines is 1. The number of nitrogens with two attached hydrogens (primary N) is 1. The van der Waals surface area contributed by atoms with E-state index in [0.29, 0.717) is 6.67 Å². The maximum absolute atomic E-state index is 5.81. The first-order chi connectivity index (χ1) is 26.1.